The predicted octanol–water partition coefficient (Wildman–Crippen LogP) is 4.64. The number of fused-ring (bicyclic) bond motifs is 1. The first-order chi connectivity index (χ1) is 14.4. The fourth-order valence-electron chi connectivity index (χ4n) is 5.72. The van der Waals surface area contributed by atoms with Crippen LogP contribution in [0.3, 0.4) is 0 Å². The van der Waals surface area contributed by atoms with Crippen LogP contribution >= 0.6 is 11.6 Å². The van der Waals surface area contributed by atoms with Crippen LogP contribution in [0, 0.1) is 12.7 Å². The number of halogens is 2. The van der Waals surface area contributed by atoms with E-state index in [0.717, 1.165) is 62.2 Å². The highest BCUT2D eigenvalue weighted by atomic mass is 35.5. The fraction of sp³-hybridized carbons (Fsp3) is 0.500. The van der Waals surface area contributed by atoms with Crippen molar-refractivity contribution in [3.8, 4) is 0 Å². The minimum atomic E-state index is -0.305. The standard InChI is InChI=1S/C22H24ClFN6/c1-14-9-29(13-25-14)22-10-21(11-22,12-22)27-20-26-19-18(4-2-3-5-30(19)28-20)15-6-16(23)8-17(24)7-15/h6-9,13,18H,2-5,10-12H2,1H3,(H,27,28)/t18-,21?,22?/m0/s1. The van der Waals surface area contributed by atoms with Crippen LogP contribution in [-0.4, -0.2) is 29.9 Å². The minimum absolute atomic E-state index is 0.0112. The maximum absolute atomic E-state index is 14.0. The molecule has 3 fully saturated rings. The van der Waals surface area contributed by atoms with Gasteiger partial charge in [-0.2, -0.15) is 4.98 Å². The Hall–Kier alpha value is -2.41. The van der Waals surface area contributed by atoms with Crippen molar-refractivity contribution >= 4 is 17.5 Å². The van der Waals surface area contributed by atoms with Crippen molar-refractivity contribution < 1.29 is 4.39 Å². The molecule has 0 amide bonds. The Bertz CT molecular complexity index is 1090. The first-order valence-electron chi connectivity index (χ1n) is 10.6. The smallest absolute Gasteiger partial charge is 0.242 e. The molecule has 0 spiro atoms. The number of rotatable bonds is 4. The number of anilines is 1. The highest BCUT2D eigenvalue weighted by Crippen LogP contribution is 2.66. The van der Waals surface area contributed by atoms with Gasteiger partial charge in [-0.1, -0.05) is 18.0 Å². The van der Waals surface area contributed by atoms with Gasteiger partial charge in [-0.3, -0.25) is 0 Å². The van der Waals surface area contributed by atoms with Crippen LogP contribution in [0.15, 0.2) is 30.7 Å². The van der Waals surface area contributed by atoms with Gasteiger partial charge in [0.2, 0.25) is 5.95 Å². The fourth-order valence-corrected chi connectivity index (χ4v) is 5.95. The molecule has 4 aliphatic rings. The summed E-state index contributed by atoms with van der Waals surface area (Å²) >= 11 is 6.12. The zero-order valence-corrected chi connectivity index (χ0v) is 17.7. The summed E-state index contributed by atoms with van der Waals surface area (Å²) in [7, 11) is 0. The number of imidazole rings is 1. The normalized spacial score (nSPS) is 29.5. The zero-order valence-electron chi connectivity index (χ0n) is 16.9. The van der Waals surface area contributed by atoms with E-state index >= 15 is 0 Å². The SMILES string of the molecule is Cc1cn(C23CC(Nc4nc5n(n4)CCCC[C@H]5c4cc(F)cc(Cl)c4)(C2)C3)cn1. The van der Waals surface area contributed by atoms with Gasteiger partial charge in [-0.05, 0) is 62.8 Å². The molecule has 3 aliphatic carbocycles. The molecular formula is C22H24ClFN6. The molecule has 0 saturated heterocycles. The molecule has 7 rings (SSSR count). The molecule has 0 unspecified atom stereocenters. The van der Waals surface area contributed by atoms with Crippen LogP contribution in [0.4, 0.5) is 10.3 Å². The van der Waals surface area contributed by atoms with Gasteiger partial charge >= 0.3 is 0 Å². The molecule has 1 aromatic carbocycles. The maximum atomic E-state index is 14.0. The lowest BCUT2D eigenvalue weighted by Crippen LogP contribution is -2.75. The van der Waals surface area contributed by atoms with E-state index in [4.69, 9.17) is 21.7 Å². The quantitative estimate of drug-likeness (QED) is 0.660. The second-order valence-corrected chi connectivity index (χ2v) is 9.79. The largest absolute Gasteiger partial charge is 0.347 e. The van der Waals surface area contributed by atoms with Crippen molar-refractivity contribution in [1.82, 2.24) is 24.3 Å². The van der Waals surface area contributed by atoms with Gasteiger partial charge in [0, 0.05) is 29.2 Å². The monoisotopic (exact) mass is 426 g/mol. The zero-order chi connectivity index (χ0) is 20.5. The van der Waals surface area contributed by atoms with Gasteiger partial charge in [0.25, 0.3) is 0 Å². The summed E-state index contributed by atoms with van der Waals surface area (Å²) in [5, 5.41) is 8.81. The highest BCUT2D eigenvalue weighted by Gasteiger charge is 2.69. The summed E-state index contributed by atoms with van der Waals surface area (Å²) in [6.07, 6.45) is 10.3. The number of hydrogen-bond acceptors (Lipinski definition) is 4. The van der Waals surface area contributed by atoms with Crippen LogP contribution in [-0.2, 0) is 12.1 Å². The Labute approximate surface area is 179 Å². The van der Waals surface area contributed by atoms with Gasteiger partial charge < -0.3 is 9.88 Å². The topological polar surface area (TPSA) is 60.6 Å². The molecule has 3 heterocycles. The maximum Gasteiger partial charge on any atom is 0.242 e. The Morgan fingerprint density at radius 2 is 2.03 bits per heavy atom. The number of nitrogens with zero attached hydrogens (tertiary/aromatic N) is 5. The van der Waals surface area contributed by atoms with E-state index in [2.05, 4.69) is 21.1 Å². The highest BCUT2D eigenvalue weighted by molar-refractivity contribution is 6.30. The molecular weight excluding hydrogens is 403 g/mol. The van der Waals surface area contributed by atoms with E-state index in [1.807, 2.05) is 24.0 Å². The molecule has 2 aromatic heterocycles. The molecule has 1 N–H and O–H groups in total. The lowest BCUT2D eigenvalue weighted by molar-refractivity contribution is -0.100. The van der Waals surface area contributed by atoms with E-state index in [1.54, 1.807) is 6.07 Å². The second kappa shape index (κ2) is 6.30. The third kappa shape index (κ3) is 2.78. The molecule has 1 atom stereocenters. The predicted molar refractivity (Wildman–Crippen MR) is 112 cm³/mol. The molecule has 30 heavy (non-hydrogen) atoms. The summed E-state index contributed by atoms with van der Waals surface area (Å²) in [6, 6.07) is 4.77. The van der Waals surface area contributed by atoms with Crippen molar-refractivity contribution in [1.29, 1.82) is 0 Å². The van der Waals surface area contributed by atoms with Crippen LogP contribution in [0.25, 0.3) is 0 Å². The van der Waals surface area contributed by atoms with Crippen LogP contribution < -0.4 is 5.32 Å². The van der Waals surface area contributed by atoms with Gasteiger partial charge in [0.1, 0.15) is 11.6 Å². The Morgan fingerprint density at radius 3 is 2.77 bits per heavy atom. The van der Waals surface area contributed by atoms with Crippen molar-refractivity contribution in [2.24, 2.45) is 0 Å². The number of aromatic nitrogens is 5. The number of hydrogen-bond donors (Lipinski definition) is 1. The Kier molecular flexibility index (Phi) is 3.85. The first-order valence-corrected chi connectivity index (χ1v) is 11.0. The molecule has 0 radical (unpaired) electrons. The van der Waals surface area contributed by atoms with Crippen LogP contribution in [0.2, 0.25) is 5.02 Å². The van der Waals surface area contributed by atoms with Crippen molar-refractivity contribution in [3.63, 3.8) is 0 Å². The molecule has 8 heteroatoms. The number of nitrogens with one attached hydrogen (secondary N) is 1. The van der Waals surface area contributed by atoms with E-state index < -0.39 is 0 Å². The second-order valence-electron chi connectivity index (χ2n) is 9.35. The summed E-state index contributed by atoms with van der Waals surface area (Å²) < 4.78 is 18.2. The molecule has 156 valence electrons. The van der Waals surface area contributed by atoms with Gasteiger partial charge in [0.05, 0.1) is 17.6 Å². The van der Waals surface area contributed by atoms with Crippen molar-refractivity contribution in [2.75, 3.05) is 5.32 Å². The average molecular weight is 427 g/mol. The van der Waals surface area contributed by atoms with E-state index in [0.29, 0.717) is 11.0 Å². The van der Waals surface area contributed by atoms with Gasteiger partial charge in [-0.25, -0.2) is 14.1 Å². The molecule has 1 aliphatic heterocycles. The van der Waals surface area contributed by atoms with Gasteiger partial charge in [-0.15, -0.1) is 5.10 Å². The van der Waals surface area contributed by atoms with Gasteiger partial charge in [0.15, 0.2) is 0 Å². The Morgan fingerprint density at radius 1 is 1.20 bits per heavy atom. The van der Waals surface area contributed by atoms with E-state index in [-0.39, 0.29) is 22.8 Å². The molecule has 6 nitrogen and oxygen atoms in total. The summed E-state index contributed by atoms with van der Waals surface area (Å²) in [5.41, 5.74) is 2.24. The molecule has 2 bridgehead atoms. The van der Waals surface area contributed by atoms with Crippen molar-refractivity contribution in [2.45, 2.75) is 69.0 Å². The van der Waals surface area contributed by atoms with Crippen LogP contribution in [0.1, 0.15) is 61.5 Å². The first kappa shape index (κ1) is 18.4. The third-order valence-corrected chi connectivity index (χ3v) is 7.27. The lowest BCUT2D eigenvalue weighted by atomic mass is 9.44. The molecule has 3 aromatic rings. The number of aryl methyl sites for hydroxylation is 2. The summed E-state index contributed by atoms with van der Waals surface area (Å²) in [5.74, 6) is 1.30. The molecule has 3 saturated carbocycles. The average Bonchev–Trinajstić information content (AvgIpc) is 3.17. The lowest BCUT2D eigenvalue weighted by Gasteiger charge is -2.70. The van der Waals surface area contributed by atoms with E-state index in [1.165, 1.54) is 6.07 Å². The summed E-state index contributed by atoms with van der Waals surface area (Å²) in [6.45, 7) is 2.87. The van der Waals surface area contributed by atoms with E-state index in [9.17, 15) is 4.39 Å². The summed E-state index contributed by atoms with van der Waals surface area (Å²) in [4.78, 5) is 9.25. The van der Waals surface area contributed by atoms with Crippen LogP contribution in [0.5, 0.6) is 0 Å². The van der Waals surface area contributed by atoms with Crippen molar-refractivity contribution in [3.05, 3.63) is 58.6 Å². The Balaban J connectivity index is 1.24. The minimum Gasteiger partial charge on any atom is -0.347 e. The number of benzene rings is 1. The third-order valence-electron chi connectivity index (χ3n) is 7.05.